The van der Waals surface area contributed by atoms with Gasteiger partial charge in [0, 0.05) is 115 Å². The minimum absolute atomic E-state index is 0. The molecule has 5 fully saturated rings. The lowest BCUT2D eigenvalue weighted by Crippen LogP contribution is -2.52. The van der Waals surface area contributed by atoms with Crippen LogP contribution in [-0.2, 0) is 16.2 Å². The van der Waals surface area contributed by atoms with Gasteiger partial charge in [-0.1, -0.05) is 101 Å². The highest BCUT2D eigenvalue weighted by Gasteiger charge is 2.38. The summed E-state index contributed by atoms with van der Waals surface area (Å²) in [6, 6.07) is 20.5. The number of carbonyl (C=O) groups excluding carboxylic acids is 3. The molecule has 2 atom stereocenters. The summed E-state index contributed by atoms with van der Waals surface area (Å²) >= 11 is 36.5. The number of H-pyrrole nitrogens is 2. The molecule has 0 spiro atoms. The SMILES string of the molecule is C[C@H](CNC(=O)c1cn[nH]c1C(F)(F)F)CN1CCC(Oc2ccc(Cl)c(Cl)c2)CC1.C[C@H](CNC(=O)c1cn[nH]c1C1CC1)CN1CCC(Oc2ccc(Cl)c(Cl)c2)CC1.Cc1ccc(S(=O)(=O)NC(=O)N2CCC(N3CCC(Oc4ccc(Cl)c(C)c4Cl)CC3)CC2)cc1.[HH].[HH].[HH].[HH].[HH]. The van der Waals surface area contributed by atoms with Crippen LogP contribution in [0.2, 0.25) is 30.1 Å². The number of nitrogens with zero attached hydrogens (tertiary/aromatic N) is 6. The molecule has 5 aliphatic rings. The number of rotatable bonds is 20. The number of piperidine rings is 4. The van der Waals surface area contributed by atoms with Crippen molar-refractivity contribution >= 4 is 97.5 Å². The highest BCUT2D eigenvalue weighted by atomic mass is 35.5. The first-order chi connectivity index (χ1) is 45.8. The van der Waals surface area contributed by atoms with E-state index in [0.29, 0.717) is 84.7 Å². The zero-order chi connectivity index (χ0) is 68.8. The summed E-state index contributed by atoms with van der Waals surface area (Å²) < 4.78 is 84.1. The van der Waals surface area contributed by atoms with Crippen molar-refractivity contribution in [2.24, 2.45) is 11.8 Å². The van der Waals surface area contributed by atoms with Crippen molar-refractivity contribution in [1.82, 2.24) is 55.4 Å². The first-order valence-electron chi connectivity index (χ1n) is 32.4. The lowest BCUT2D eigenvalue weighted by atomic mass is 9.99. The number of amides is 4. The van der Waals surface area contributed by atoms with E-state index in [2.05, 4.69) is 52.3 Å². The average molecular weight is 1480 g/mol. The number of ether oxygens (including phenoxy) is 3. The minimum atomic E-state index is -4.65. The van der Waals surface area contributed by atoms with Crippen molar-refractivity contribution in [2.45, 2.75) is 133 Å². The number of hydrogen-bond donors (Lipinski definition) is 5. The molecule has 0 radical (unpaired) electrons. The van der Waals surface area contributed by atoms with Crippen molar-refractivity contribution in [3.8, 4) is 17.2 Å². The molecule has 96 heavy (non-hydrogen) atoms. The van der Waals surface area contributed by atoms with Crippen LogP contribution in [0.15, 0.2) is 90.1 Å². The predicted molar refractivity (Wildman–Crippen MR) is 379 cm³/mol. The van der Waals surface area contributed by atoms with Gasteiger partial charge in [-0.05, 0) is 144 Å². The fourth-order valence-corrected chi connectivity index (χ4v) is 14.1. The van der Waals surface area contributed by atoms with Crippen LogP contribution in [0.3, 0.4) is 0 Å². The zero-order valence-corrected chi connectivity index (χ0v) is 59.3. The molecule has 6 aromatic rings. The second kappa shape index (κ2) is 34.4. The number of nitrogens with one attached hydrogen (secondary N) is 5. The van der Waals surface area contributed by atoms with E-state index in [0.717, 1.165) is 145 Å². The van der Waals surface area contributed by atoms with Crippen molar-refractivity contribution in [2.75, 3.05) is 78.5 Å². The Morgan fingerprint density at radius 3 is 1.59 bits per heavy atom. The Balaban J connectivity index is 0.000000314. The molecule has 0 unspecified atom stereocenters. The van der Waals surface area contributed by atoms with Crippen LogP contribution < -0.4 is 29.6 Å². The Kier molecular flexibility index (Phi) is 26.7. The average Bonchev–Trinajstić information content (AvgIpc) is 1.65. The molecule has 4 saturated heterocycles. The molecule has 0 bridgehead atoms. The van der Waals surface area contributed by atoms with Gasteiger partial charge in [-0.3, -0.25) is 24.7 Å². The van der Waals surface area contributed by atoms with Crippen LogP contribution in [0.5, 0.6) is 17.2 Å². The summed E-state index contributed by atoms with van der Waals surface area (Å²) in [5.41, 5.74) is 1.83. The Bertz CT molecular complexity index is 3720. The van der Waals surface area contributed by atoms with Gasteiger partial charge >= 0.3 is 12.2 Å². The van der Waals surface area contributed by atoms with Crippen LogP contribution in [0.1, 0.15) is 134 Å². The van der Waals surface area contributed by atoms with E-state index in [1.807, 2.05) is 44.1 Å². The number of aromatic nitrogens is 4. The topological polar surface area (TPSA) is 219 Å². The summed E-state index contributed by atoms with van der Waals surface area (Å²) in [5, 5.41) is 21.0. The monoisotopic (exact) mass is 1480 g/mol. The second-order valence-electron chi connectivity index (χ2n) is 25.4. The summed E-state index contributed by atoms with van der Waals surface area (Å²) in [6.45, 7) is 17.0. The number of halogens is 9. The van der Waals surface area contributed by atoms with Crippen molar-refractivity contribution in [3.63, 3.8) is 0 Å². The number of carbonyl (C=O) groups is 3. The largest absolute Gasteiger partial charge is 0.490 e. The van der Waals surface area contributed by atoms with Crippen LogP contribution in [-0.4, -0.2) is 169 Å². The fourth-order valence-electron chi connectivity index (χ4n) is 12.1. The molecule has 4 amide bonds. The number of hydrogen-bond acceptors (Lipinski definition) is 13. The van der Waals surface area contributed by atoms with Gasteiger partial charge in [0.25, 0.3) is 21.8 Å². The van der Waals surface area contributed by atoms with Crippen LogP contribution in [0.25, 0.3) is 0 Å². The van der Waals surface area contributed by atoms with E-state index < -0.39 is 39.4 Å². The van der Waals surface area contributed by atoms with Crippen molar-refractivity contribution < 1.29 is 57.3 Å². The predicted octanol–water partition coefficient (Wildman–Crippen LogP) is 15.4. The van der Waals surface area contributed by atoms with Crippen LogP contribution >= 0.6 is 69.6 Å². The maximum Gasteiger partial charge on any atom is 0.433 e. The lowest BCUT2D eigenvalue weighted by Gasteiger charge is -2.41. The second-order valence-corrected chi connectivity index (χ2v) is 29.5. The molecular weight excluding hydrogens is 1390 g/mol. The maximum absolute atomic E-state index is 12.9. The third kappa shape index (κ3) is 21.4. The fraction of sp³-hybridized carbons (Fsp3) is 0.507. The number of aryl methyl sites for hydroxylation is 1. The molecule has 4 aromatic carbocycles. The van der Waals surface area contributed by atoms with Crippen LogP contribution in [0, 0.1) is 25.7 Å². The Morgan fingerprint density at radius 2 is 1.08 bits per heavy atom. The highest BCUT2D eigenvalue weighted by molar-refractivity contribution is 7.90. The standard InChI is InChI=1S/C25H31Cl2N3O4S.C22H28Cl2N4O2.C20H23Cl2F3N4O2.5H2/c1-17-3-5-21(6-4-17)35(32,33)28-25(31)30-13-9-19(10-14-30)29-15-11-20(12-16-29)34-23-8-7-22(26)18(2)24(23)27;1-14(11-25-22(29)18-12-26-27-21(18)15-2-3-15)13-28-8-6-16(7-9-28)30-17-4-5-19(23)20(24)10-17;1-12(9-26-19(30)15-10-27-28-18(15)20(23,24)25)11-29-6-4-13(5-7-29)31-14-2-3-16(21)17(22)8-14;;;;;/h3-8,19-20H,9-16H2,1-2H3,(H,28,31);4-5,10,12,14-16H,2-3,6-9,11,13H2,1H3,(H,25,29)(H,26,27);2-3,8,10,12-13H,4-7,9,11H2,1H3,(H,26,30)(H,27,28);5*1H/t;14-;12-;;;;;/m.11...../s1. The van der Waals surface area contributed by atoms with E-state index in [4.69, 9.17) is 83.8 Å². The third-order valence-electron chi connectivity index (χ3n) is 17.8. The first kappa shape index (κ1) is 74.5. The van der Waals surface area contributed by atoms with Crippen molar-refractivity contribution in [3.05, 3.63) is 149 Å². The van der Waals surface area contributed by atoms with Gasteiger partial charge in [0.15, 0.2) is 5.69 Å². The molecule has 2 aromatic heterocycles. The summed E-state index contributed by atoms with van der Waals surface area (Å²) in [4.78, 5) is 46.0. The van der Waals surface area contributed by atoms with Gasteiger partial charge in [-0.25, -0.2) is 17.9 Å². The first-order valence-corrected chi connectivity index (χ1v) is 36.1. The number of alkyl halides is 3. The number of aromatic amines is 2. The van der Waals surface area contributed by atoms with Gasteiger partial charge in [-0.2, -0.15) is 23.4 Å². The van der Waals surface area contributed by atoms with Crippen molar-refractivity contribution in [1.29, 1.82) is 0 Å². The molecular formula is C67H92Cl6F3N11O8S. The number of likely N-dealkylation sites (tertiary alicyclic amines) is 4. The third-order valence-corrected chi connectivity index (χ3v) is 21.5. The van der Waals surface area contributed by atoms with E-state index in [1.54, 1.807) is 53.6 Å². The van der Waals surface area contributed by atoms with Gasteiger partial charge < -0.3 is 39.5 Å². The zero-order valence-electron chi connectivity index (χ0n) is 53.9. The summed E-state index contributed by atoms with van der Waals surface area (Å²) in [5.74, 6) is 2.23. The molecule has 19 nitrogen and oxygen atoms in total. The highest BCUT2D eigenvalue weighted by Crippen LogP contribution is 2.41. The van der Waals surface area contributed by atoms with Gasteiger partial charge in [0.2, 0.25) is 0 Å². The van der Waals surface area contributed by atoms with Gasteiger partial charge in [0.05, 0.1) is 59.2 Å². The normalized spacial score (nSPS) is 18.1. The van der Waals surface area contributed by atoms with Gasteiger partial charge in [0.1, 0.15) is 35.6 Å². The molecule has 6 heterocycles. The molecule has 29 heteroatoms. The molecule has 532 valence electrons. The van der Waals surface area contributed by atoms with Crippen LogP contribution in [0.4, 0.5) is 18.0 Å². The quantitative estimate of drug-likeness (QED) is 0.0481. The molecule has 1 aliphatic carbocycles. The number of sulfonamides is 1. The van der Waals surface area contributed by atoms with E-state index in [-0.39, 0.29) is 48.7 Å². The maximum atomic E-state index is 12.9. The molecule has 5 N–H and O–H groups in total. The lowest BCUT2D eigenvalue weighted by molar-refractivity contribution is -0.141. The number of urea groups is 1. The van der Waals surface area contributed by atoms with E-state index >= 15 is 0 Å². The summed E-state index contributed by atoms with van der Waals surface area (Å²) in [6.07, 6.45) is 7.56. The van der Waals surface area contributed by atoms with E-state index in [1.165, 1.54) is 12.1 Å². The minimum Gasteiger partial charge on any atom is -0.490 e. The Morgan fingerprint density at radius 1 is 0.604 bits per heavy atom. The van der Waals surface area contributed by atoms with E-state index in [9.17, 15) is 36.0 Å². The summed E-state index contributed by atoms with van der Waals surface area (Å²) in [7, 11) is -3.88. The van der Waals surface area contributed by atoms with Gasteiger partial charge in [-0.15, -0.1) is 0 Å². The smallest absolute Gasteiger partial charge is 0.433 e. The molecule has 4 aliphatic heterocycles. The number of benzene rings is 4. The Hall–Kier alpha value is -5.73. The molecule has 1 saturated carbocycles. The molecule has 11 rings (SSSR count). The Labute approximate surface area is 596 Å².